The van der Waals surface area contributed by atoms with Gasteiger partial charge in [0.25, 0.3) is 11.8 Å². The number of amides is 2. The van der Waals surface area contributed by atoms with Gasteiger partial charge in [0.1, 0.15) is 0 Å². The van der Waals surface area contributed by atoms with Gasteiger partial charge >= 0.3 is 0 Å². The van der Waals surface area contributed by atoms with Gasteiger partial charge in [0.15, 0.2) is 0 Å². The molecule has 0 radical (unpaired) electrons. The number of carbonyl (C=O) groups is 2. The van der Waals surface area contributed by atoms with Gasteiger partial charge in [0, 0.05) is 57.6 Å². The van der Waals surface area contributed by atoms with E-state index < -0.39 is 0 Å². The van der Waals surface area contributed by atoms with Crippen molar-refractivity contribution in [2.24, 2.45) is 0 Å². The van der Waals surface area contributed by atoms with Crippen LogP contribution in [0.4, 0.5) is 5.69 Å². The summed E-state index contributed by atoms with van der Waals surface area (Å²) in [6.07, 6.45) is 4.78. The van der Waals surface area contributed by atoms with E-state index in [9.17, 15) is 9.59 Å². The molecule has 0 unspecified atom stereocenters. The molecule has 0 aliphatic carbocycles. The molecule has 7 nitrogen and oxygen atoms in total. The van der Waals surface area contributed by atoms with Crippen LogP contribution in [0.5, 0.6) is 0 Å². The highest BCUT2D eigenvalue weighted by Gasteiger charge is 2.35. The van der Waals surface area contributed by atoms with Crippen LogP contribution in [-0.4, -0.2) is 45.9 Å². The maximum Gasteiger partial charge on any atom is 0.259 e. The van der Waals surface area contributed by atoms with Gasteiger partial charge in [0.05, 0.1) is 11.1 Å². The van der Waals surface area contributed by atoms with E-state index in [-0.39, 0.29) is 11.8 Å². The van der Waals surface area contributed by atoms with Crippen LogP contribution in [0, 0.1) is 0 Å². The van der Waals surface area contributed by atoms with Gasteiger partial charge in [-0.05, 0) is 50.3 Å². The zero-order valence-corrected chi connectivity index (χ0v) is 19.5. The van der Waals surface area contributed by atoms with Crippen LogP contribution in [0.25, 0.3) is 33.0 Å². The normalized spacial score (nSPS) is 14.2. The van der Waals surface area contributed by atoms with E-state index in [1.165, 1.54) is 0 Å². The predicted molar refractivity (Wildman–Crippen MR) is 137 cm³/mol. The number of fused-ring (bicyclic) bond motifs is 2. The van der Waals surface area contributed by atoms with E-state index in [0.717, 1.165) is 65.5 Å². The van der Waals surface area contributed by atoms with Crippen LogP contribution >= 0.6 is 0 Å². The molecule has 34 heavy (non-hydrogen) atoms. The molecule has 3 heterocycles. The lowest BCUT2D eigenvalue weighted by atomic mass is 9.95. The Balaban J connectivity index is 1.65. The van der Waals surface area contributed by atoms with E-state index in [1.54, 1.807) is 6.20 Å². The highest BCUT2D eigenvalue weighted by atomic mass is 16.2. The second-order valence-electron chi connectivity index (χ2n) is 8.67. The lowest BCUT2D eigenvalue weighted by molar-refractivity contribution is -0.122. The summed E-state index contributed by atoms with van der Waals surface area (Å²) in [4.78, 5) is 31.7. The topological polar surface area (TPSA) is 96.1 Å². The first-order valence-corrected chi connectivity index (χ1v) is 11.8. The molecule has 2 aromatic carbocycles. The minimum atomic E-state index is -0.380. The third-order valence-electron chi connectivity index (χ3n) is 6.73. The van der Waals surface area contributed by atoms with Gasteiger partial charge in [-0.3, -0.25) is 14.9 Å². The number of aromatic nitrogens is 2. The first-order chi connectivity index (χ1) is 16.5. The molecule has 0 spiro atoms. The summed E-state index contributed by atoms with van der Waals surface area (Å²) in [6.45, 7) is 8.19. The number of imide groups is 1. The molecule has 4 N–H and O–H groups in total. The minimum Gasteiger partial charge on any atom is -0.399 e. The second-order valence-corrected chi connectivity index (χ2v) is 8.67. The van der Waals surface area contributed by atoms with Crippen LogP contribution < -0.4 is 11.1 Å². The summed E-state index contributed by atoms with van der Waals surface area (Å²) in [5, 5.41) is 4.30. The Bertz CT molecular complexity index is 1440. The Morgan fingerprint density at radius 1 is 0.941 bits per heavy atom. The molecule has 0 saturated carbocycles. The number of para-hydroxylation sites is 1. The Morgan fingerprint density at radius 3 is 2.44 bits per heavy atom. The number of carbonyl (C=O) groups excluding carboxylic acids is 2. The third-order valence-corrected chi connectivity index (χ3v) is 6.73. The van der Waals surface area contributed by atoms with E-state index in [4.69, 9.17) is 5.73 Å². The van der Waals surface area contributed by atoms with Crippen LogP contribution in [0.1, 0.15) is 31.4 Å². The summed E-state index contributed by atoms with van der Waals surface area (Å²) in [7, 11) is 0. The summed E-state index contributed by atoms with van der Waals surface area (Å²) >= 11 is 0. The fourth-order valence-corrected chi connectivity index (χ4v) is 4.95. The number of nitrogens with one attached hydrogen (secondary N) is 2. The van der Waals surface area contributed by atoms with Gasteiger partial charge in [-0.25, -0.2) is 0 Å². The van der Waals surface area contributed by atoms with Crippen LogP contribution in [0.15, 0.2) is 54.9 Å². The van der Waals surface area contributed by atoms with Gasteiger partial charge in [-0.1, -0.05) is 32.0 Å². The molecule has 5 rings (SSSR count). The van der Waals surface area contributed by atoms with Gasteiger partial charge < -0.3 is 20.2 Å². The summed E-state index contributed by atoms with van der Waals surface area (Å²) in [5.41, 5.74) is 10.9. The Morgan fingerprint density at radius 2 is 1.68 bits per heavy atom. The number of rotatable bonds is 8. The van der Waals surface area contributed by atoms with Crippen LogP contribution in [0.3, 0.4) is 0 Å². The summed E-state index contributed by atoms with van der Waals surface area (Å²) < 4.78 is 2.17. The second kappa shape index (κ2) is 8.83. The molecule has 0 saturated heterocycles. The maximum absolute atomic E-state index is 13.1. The number of aryl methyl sites for hydroxylation is 1. The number of benzene rings is 2. The minimum absolute atomic E-state index is 0.379. The number of hydrogen-bond donors (Lipinski definition) is 3. The van der Waals surface area contributed by atoms with E-state index in [0.29, 0.717) is 16.8 Å². The quantitative estimate of drug-likeness (QED) is 0.276. The molecule has 0 bridgehead atoms. The lowest BCUT2D eigenvalue weighted by Crippen LogP contribution is -2.24. The number of nitrogens with zero attached hydrogens (tertiary/aromatic N) is 2. The van der Waals surface area contributed by atoms with Crippen molar-refractivity contribution in [3.63, 3.8) is 0 Å². The Labute approximate surface area is 198 Å². The van der Waals surface area contributed by atoms with E-state index in [1.807, 2.05) is 48.7 Å². The molecular weight excluding hydrogens is 426 g/mol. The van der Waals surface area contributed by atoms with Crippen molar-refractivity contribution < 1.29 is 9.59 Å². The molecule has 2 aromatic heterocycles. The highest BCUT2D eigenvalue weighted by Crippen LogP contribution is 2.38. The first-order valence-electron chi connectivity index (χ1n) is 11.8. The zero-order valence-electron chi connectivity index (χ0n) is 19.5. The largest absolute Gasteiger partial charge is 0.399 e. The number of nitrogens with two attached hydrogens (primary N) is 1. The fraction of sp³-hybridized carbons (Fsp3) is 0.259. The van der Waals surface area contributed by atoms with Crippen molar-refractivity contribution in [3.05, 3.63) is 66.0 Å². The van der Waals surface area contributed by atoms with E-state index >= 15 is 0 Å². The molecule has 2 amide bonds. The number of H-pyrrole nitrogens is 1. The van der Waals surface area contributed by atoms with Gasteiger partial charge in [-0.15, -0.1) is 0 Å². The van der Waals surface area contributed by atoms with E-state index in [2.05, 4.69) is 33.6 Å². The highest BCUT2D eigenvalue weighted by molar-refractivity contribution is 6.50. The number of nitrogen functional groups attached to an aromatic ring is 1. The maximum atomic E-state index is 13.1. The van der Waals surface area contributed by atoms with Crippen molar-refractivity contribution in [2.75, 3.05) is 25.4 Å². The molecule has 0 atom stereocenters. The molecule has 1 aliphatic heterocycles. The van der Waals surface area contributed by atoms with Crippen molar-refractivity contribution in [2.45, 2.75) is 26.8 Å². The monoisotopic (exact) mass is 455 g/mol. The molecule has 174 valence electrons. The standard InChI is InChI=1S/C27H29N5O2/c1-3-31(4-2)12-7-13-32-16-21(19-14-17(28)10-11-23(19)32)25-24(26(33)30-27(25)34)20-15-29-22-9-6-5-8-18(20)22/h5-6,8-11,14-16,29H,3-4,7,12-13,28H2,1-2H3,(H,30,33,34). The van der Waals surface area contributed by atoms with Crippen LogP contribution in [0.2, 0.25) is 0 Å². The van der Waals surface area contributed by atoms with Crippen molar-refractivity contribution in [1.82, 2.24) is 19.8 Å². The van der Waals surface area contributed by atoms with Gasteiger partial charge in [-0.2, -0.15) is 0 Å². The molecule has 1 aliphatic rings. The van der Waals surface area contributed by atoms with Crippen molar-refractivity contribution in [3.8, 4) is 0 Å². The Hall–Kier alpha value is -3.84. The molecule has 0 fully saturated rings. The predicted octanol–water partition coefficient (Wildman–Crippen LogP) is 4.00. The lowest BCUT2D eigenvalue weighted by Gasteiger charge is -2.18. The molecular formula is C27H29N5O2. The van der Waals surface area contributed by atoms with Crippen molar-refractivity contribution in [1.29, 1.82) is 0 Å². The fourth-order valence-electron chi connectivity index (χ4n) is 4.95. The molecule has 7 heteroatoms. The first kappa shape index (κ1) is 22.0. The number of anilines is 1. The summed E-state index contributed by atoms with van der Waals surface area (Å²) in [5.74, 6) is -0.758. The van der Waals surface area contributed by atoms with Crippen molar-refractivity contribution >= 4 is 50.5 Å². The zero-order chi connectivity index (χ0) is 23.8. The summed E-state index contributed by atoms with van der Waals surface area (Å²) in [6, 6.07) is 13.5. The number of aromatic amines is 1. The SMILES string of the molecule is CCN(CC)CCCn1cc(C2=C(c3c[nH]c4ccccc34)C(=O)NC2=O)c2cc(N)ccc21. The van der Waals surface area contributed by atoms with Gasteiger partial charge in [0.2, 0.25) is 0 Å². The smallest absolute Gasteiger partial charge is 0.259 e. The number of hydrogen-bond acceptors (Lipinski definition) is 4. The third kappa shape index (κ3) is 3.68. The molecule has 4 aromatic rings. The Kier molecular flexibility index (Phi) is 5.71. The average Bonchev–Trinajstić information content (AvgIpc) is 3.49. The average molecular weight is 456 g/mol. The van der Waals surface area contributed by atoms with Crippen LogP contribution in [-0.2, 0) is 16.1 Å².